The van der Waals surface area contributed by atoms with Crippen LogP contribution in [-0.4, -0.2) is 49.6 Å². The average molecular weight is 332 g/mol. The zero-order chi connectivity index (χ0) is 17.4. The fourth-order valence-corrected chi connectivity index (χ4v) is 3.36. The van der Waals surface area contributed by atoms with E-state index >= 15 is 0 Å². The first-order valence-electron chi connectivity index (χ1n) is 9.56. The highest BCUT2D eigenvalue weighted by molar-refractivity contribution is 5.94. The Bertz CT molecular complexity index is 488. The number of piperidine rings is 1. The molecule has 134 valence electrons. The van der Waals surface area contributed by atoms with Crippen LogP contribution in [0.25, 0.3) is 0 Å². The summed E-state index contributed by atoms with van der Waals surface area (Å²) in [5.74, 6) is 0.0631. The smallest absolute Gasteiger partial charge is 0.251 e. The van der Waals surface area contributed by atoms with E-state index in [-0.39, 0.29) is 5.91 Å². The summed E-state index contributed by atoms with van der Waals surface area (Å²) in [5.41, 5.74) is 1.94. The Kier molecular flexibility index (Phi) is 7.57. The molecule has 1 aliphatic rings. The maximum absolute atomic E-state index is 12.4. The monoisotopic (exact) mass is 331 g/mol. The lowest BCUT2D eigenvalue weighted by Gasteiger charge is -2.32. The molecule has 4 nitrogen and oxygen atoms in total. The molecule has 0 radical (unpaired) electrons. The zero-order valence-corrected chi connectivity index (χ0v) is 15.6. The van der Waals surface area contributed by atoms with Crippen molar-refractivity contribution in [3.8, 4) is 0 Å². The van der Waals surface area contributed by atoms with Crippen LogP contribution in [0, 0.1) is 0 Å². The van der Waals surface area contributed by atoms with Crippen LogP contribution in [0.1, 0.15) is 56.8 Å². The second-order valence-corrected chi connectivity index (χ2v) is 6.66. The first-order valence-corrected chi connectivity index (χ1v) is 9.56. The van der Waals surface area contributed by atoms with E-state index in [2.05, 4.69) is 48.0 Å². The number of carbonyl (C=O) groups is 1. The number of hydrogen-bond donors (Lipinski definition) is 1. The number of unbranched alkanes of at least 4 members (excludes halogenated alkanes) is 1. The predicted octanol–water partition coefficient (Wildman–Crippen LogP) is 3.53. The van der Waals surface area contributed by atoms with Crippen molar-refractivity contribution in [3.05, 3.63) is 29.8 Å². The third kappa shape index (κ3) is 5.23. The fraction of sp³-hybridized carbons (Fsp3) is 0.650. The van der Waals surface area contributed by atoms with Gasteiger partial charge in [0.05, 0.1) is 0 Å². The number of amides is 1. The molecule has 1 aliphatic heterocycles. The van der Waals surface area contributed by atoms with Gasteiger partial charge in [-0.2, -0.15) is 0 Å². The standard InChI is InChI=1S/C20H33N3O/c1-4-7-14-22-15-12-18(13-16-22)21-20(24)17-8-10-19(11-9-17)23(5-2)6-3/h8-11,18H,4-7,12-16H2,1-3H3,(H,21,24). The topological polar surface area (TPSA) is 35.6 Å². The van der Waals surface area contributed by atoms with E-state index in [1.807, 2.05) is 12.1 Å². The van der Waals surface area contributed by atoms with E-state index in [9.17, 15) is 4.79 Å². The van der Waals surface area contributed by atoms with Gasteiger partial charge in [0.1, 0.15) is 0 Å². The molecule has 0 aliphatic carbocycles. The highest BCUT2D eigenvalue weighted by Gasteiger charge is 2.20. The zero-order valence-electron chi connectivity index (χ0n) is 15.6. The van der Waals surface area contributed by atoms with Crippen LogP contribution in [0.5, 0.6) is 0 Å². The SMILES string of the molecule is CCCCN1CCC(NC(=O)c2ccc(N(CC)CC)cc2)CC1. The maximum Gasteiger partial charge on any atom is 0.251 e. The van der Waals surface area contributed by atoms with Crippen LogP contribution < -0.4 is 10.2 Å². The van der Waals surface area contributed by atoms with Crippen LogP contribution >= 0.6 is 0 Å². The van der Waals surface area contributed by atoms with E-state index < -0.39 is 0 Å². The molecule has 1 aromatic carbocycles. The van der Waals surface area contributed by atoms with Crippen LogP contribution in [0.3, 0.4) is 0 Å². The Morgan fingerprint density at radius 1 is 1.12 bits per heavy atom. The van der Waals surface area contributed by atoms with Crippen molar-refractivity contribution in [3.63, 3.8) is 0 Å². The lowest BCUT2D eigenvalue weighted by Crippen LogP contribution is -2.44. The average Bonchev–Trinajstić information content (AvgIpc) is 2.62. The first-order chi connectivity index (χ1) is 11.7. The molecule has 0 unspecified atom stereocenters. The molecule has 1 fully saturated rings. The summed E-state index contributed by atoms with van der Waals surface area (Å²) >= 11 is 0. The van der Waals surface area contributed by atoms with Gasteiger partial charge < -0.3 is 15.1 Å². The summed E-state index contributed by atoms with van der Waals surface area (Å²) in [6, 6.07) is 8.31. The molecular formula is C20H33N3O. The quantitative estimate of drug-likeness (QED) is 0.791. The molecule has 0 bridgehead atoms. The molecular weight excluding hydrogens is 298 g/mol. The number of carbonyl (C=O) groups excluding carboxylic acids is 1. The maximum atomic E-state index is 12.4. The van der Waals surface area contributed by atoms with Gasteiger partial charge in [-0.15, -0.1) is 0 Å². The molecule has 24 heavy (non-hydrogen) atoms. The van der Waals surface area contributed by atoms with E-state index in [1.165, 1.54) is 25.1 Å². The molecule has 1 aromatic rings. The van der Waals surface area contributed by atoms with E-state index in [1.54, 1.807) is 0 Å². The van der Waals surface area contributed by atoms with Crippen LogP contribution in [0.4, 0.5) is 5.69 Å². The van der Waals surface area contributed by atoms with Crippen molar-refractivity contribution < 1.29 is 4.79 Å². The minimum absolute atomic E-state index is 0.0631. The number of nitrogens with one attached hydrogen (secondary N) is 1. The van der Waals surface area contributed by atoms with E-state index in [4.69, 9.17) is 0 Å². The Morgan fingerprint density at radius 2 is 1.75 bits per heavy atom. The lowest BCUT2D eigenvalue weighted by molar-refractivity contribution is 0.0911. The number of rotatable bonds is 8. The molecule has 0 saturated carbocycles. The molecule has 1 N–H and O–H groups in total. The Labute approximate surface area is 147 Å². The second-order valence-electron chi connectivity index (χ2n) is 6.66. The summed E-state index contributed by atoms with van der Waals surface area (Å²) in [6.07, 6.45) is 4.65. The van der Waals surface area contributed by atoms with Gasteiger partial charge in [0.25, 0.3) is 5.91 Å². The number of hydrogen-bond acceptors (Lipinski definition) is 3. The first kappa shape index (κ1) is 18.8. The molecule has 0 atom stereocenters. The summed E-state index contributed by atoms with van der Waals surface area (Å²) in [5, 5.41) is 3.21. The summed E-state index contributed by atoms with van der Waals surface area (Å²) in [7, 11) is 0. The van der Waals surface area contributed by atoms with Gasteiger partial charge in [-0.1, -0.05) is 13.3 Å². The predicted molar refractivity (Wildman–Crippen MR) is 102 cm³/mol. The van der Waals surface area contributed by atoms with Gasteiger partial charge in [0.2, 0.25) is 0 Å². The summed E-state index contributed by atoms with van der Waals surface area (Å²) in [4.78, 5) is 17.3. The molecule has 1 heterocycles. The van der Waals surface area contributed by atoms with Crippen molar-refractivity contribution in [2.45, 2.75) is 52.5 Å². The van der Waals surface area contributed by atoms with E-state index in [0.717, 1.165) is 44.6 Å². The molecule has 4 heteroatoms. The van der Waals surface area contributed by atoms with Crippen molar-refractivity contribution >= 4 is 11.6 Å². The number of nitrogens with zero attached hydrogens (tertiary/aromatic N) is 2. The van der Waals surface area contributed by atoms with Crippen molar-refractivity contribution in [1.29, 1.82) is 0 Å². The van der Waals surface area contributed by atoms with Crippen molar-refractivity contribution in [2.24, 2.45) is 0 Å². The fourth-order valence-electron chi connectivity index (χ4n) is 3.36. The Balaban J connectivity index is 1.82. The molecule has 2 rings (SSSR count). The van der Waals surface area contributed by atoms with Gasteiger partial charge in [0.15, 0.2) is 0 Å². The van der Waals surface area contributed by atoms with E-state index in [0.29, 0.717) is 6.04 Å². The van der Waals surface area contributed by atoms with Crippen LogP contribution in [0.2, 0.25) is 0 Å². The van der Waals surface area contributed by atoms with Crippen molar-refractivity contribution in [2.75, 3.05) is 37.6 Å². The van der Waals surface area contributed by atoms with Gasteiger partial charge in [-0.05, 0) is 63.9 Å². The third-order valence-corrected chi connectivity index (χ3v) is 5.01. The van der Waals surface area contributed by atoms with Crippen molar-refractivity contribution in [1.82, 2.24) is 10.2 Å². The van der Waals surface area contributed by atoms with Gasteiger partial charge in [0, 0.05) is 43.5 Å². The normalized spacial score (nSPS) is 16.1. The highest BCUT2D eigenvalue weighted by Crippen LogP contribution is 2.16. The molecule has 1 amide bonds. The number of anilines is 1. The number of likely N-dealkylation sites (tertiary alicyclic amines) is 1. The number of benzene rings is 1. The largest absolute Gasteiger partial charge is 0.372 e. The van der Waals surface area contributed by atoms with Gasteiger partial charge in [-0.3, -0.25) is 4.79 Å². The second kappa shape index (κ2) is 9.67. The third-order valence-electron chi connectivity index (χ3n) is 5.01. The minimum atomic E-state index is 0.0631. The van der Waals surface area contributed by atoms with Crippen LogP contribution in [-0.2, 0) is 0 Å². The Morgan fingerprint density at radius 3 is 2.29 bits per heavy atom. The van der Waals surface area contributed by atoms with Gasteiger partial charge >= 0.3 is 0 Å². The van der Waals surface area contributed by atoms with Crippen LogP contribution in [0.15, 0.2) is 24.3 Å². The lowest BCUT2D eigenvalue weighted by atomic mass is 10.0. The van der Waals surface area contributed by atoms with Gasteiger partial charge in [-0.25, -0.2) is 0 Å². The summed E-state index contributed by atoms with van der Waals surface area (Å²) < 4.78 is 0. The molecule has 0 aromatic heterocycles. The molecule has 1 saturated heterocycles. The minimum Gasteiger partial charge on any atom is -0.372 e. The Hall–Kier alpha value is -1.55. The molecule has 0 spiro atoms. The highest BCUT2D eigenvalue weighted by atomic mass is 16.1. The summed E-state index contributed by atoms with van der Waals surface area (Å²) in [6.45, 7) is 11.9.